The van der Waals surface area contributed by atoms with Gasteiger partial charge in [0.2, 0.25) is 5.91 Å². The minimum absolute atomic E-state index is 0.0468. The van der Waals surface area contributed by atoms with E-state index >= 15 is 0 Å². The molecule has 11 nitrogen and oxygen atoms in total. The van der Waals surface area contributed by atoms with Gasteiger partial charge < -0.3 is 15.8 Å². The highest BCUT2D eigenvalue weighted by Crippen LogP contribution is 2.34. The van der Waals surface area contributed by atoms with Crippen LogP contribution < -0.4 is 11.1 Å². The molecule has 29 heavy (non-hydrogen) atoms. The van der Waals surface area contributed by atoms with Crippen molar-refractivity contribution in [2.45, 2.75) is 40.7 Å². The van der Waals surface area contributed by atoms with Gasteiger partial charge >= 0.3 is 11.7 Å². The lowest BCUT2D eigenvalue weighted by Gasteiger charge is -2.14. The Morgan fingerprint density at radius 2 is 1.97 bits per heavy atom. The molecule has 2 rings (SSSR count). The van der Waals surface area contributed by atoms with Gasteiger partial charge in [-0.05, 0) is 40.2 Å². The zero-order chi connectivity index (χ0) is 22.0. The van der Waals surface area contributed by atoms with Crippen molar-refractivity contribution in [2.24, 2.45) is 5.73 Å². The number of primary amides is 1. The second-order valence-electron chi connectivity index (χ2n) is 6.23. The van der Waals surface area contributed by atoms with E-state index in [0.29, 0.717) is 5.56 Å². The van der Waals surface area contributed by atoms with Gasteiger partial charge in [-0.3, -0.25) is 24.4 Å². The summed E-state index contributed by atoms with van der Waals surface area (Å²) in [7, 11) is 0. The molecule has 2 heterocycles. The molecule has 0 radical (unpaired) electrons. The van der Waals surface area contributed by atoms with Gasteiger partial charge in [0, 0.05) is 0 Å². The van der Waals surface area contributed by atoms with Gasteiger partial charge in [0.15, 0.2) is 0 Å². The van der Waals surface area contributed by atoms with E-state index in [4.69, 9.17) is 10.5 Å². The Bertz CT molecular complexity index is 1010. The predicted molar refractivity (Wildman–Crippen MR) is 105 cm³/mol. The van der Waals surface area contributed by atoms with Gasteiger partial charge in [-0.25, -0.2) is 4.79 Å². The van der Waals surface area contributed by atoms with E-state index in [1.807, 2.05) is 0 Å². The van der Waals surface area contributed by atoms with E-state index in [1.165, 1.54) is 32.4 Å². The fourth-order valence-electron chi connectivity index (χ4n) is 2.91. The normalized spacial score (nSPS) is 11.8. The summed E-state index contributed by atoms with van der Waals surface area (Å²) in [5.41, 5.74) is 5.95. The molecule has 2 amide bonds. The van der Waals surface area contributed by atoms with Crippen LogP contribution in [0, 0.1) is 30.9 Å². The Morgan fingerprint density at radius 1 is 1.34 bits per heavy atom. The van der Waals surface area contributed by atoms with Gasteiger partial charge in [0.05, 0.1) is 22.0 Å². The summed E-state index contributed by atoms with van der Waals surface area (Å²) in [6.07, 6.45) is 0. The first-order valence-electron chi connectivity index (χ1n) is 8.62. The molecule has 0 bridgehead atoms. The van der Waals surface area contributed by atoms with E-state index in [2.05, 4.69) is 10.4 Å². The zero-order valence-electron chi connectivity index (χ0n) is 16.6. The number of nitrogens with zero attached hydrogens (tertiary/aromatic N) is 3. The summed E-state index contributed by atoms with van der Waals surface area (Å²) >= 11 is 0.862. The minimum Gasteiger partial charge on any atom is -0.462 e. The maximum atomic E-state index is 12.8. The number of carbonyl (C=O) groups is 3. The summed E-state index contributed by atoms with van der Waals surface area (Å²) in [6.45, 7) is 7.76. The Kier molecular flexibility index (Phi) is 6.37. The van der Waals surface area contributed by atoms with Crippen LogP contribution in [0.25, 0.3) is 0 Å². The number of nitrogens with two attached hydrogens (primary N) is 1. The van der Waals surface area contributed by atoms with Crippen LogP contribution in [0.1, 0.15) is 56.9 Å². The van der Waals surface area contributed by atoms with E-state index in [-0.39, 0.29) is 39.1 Å². The topological polar surface area (TPSA) is 159 Å². The van der Waals surface area contributed by atoms with Crippen LogP contribution in [0.3, 0.4) is 0 Å². The molecule has 0 aromatic carbocycles. The molecule has 2 aromatic heterocycles. The highest BCUT2D eigenvalue weighted by atomic mass is 32.1. The van der Waals surface area contributed by atoms with Crippen molar-refractivity contribution >= 4 is 39.8 Å². The molecule has 3 N–H and O–H groups in total. The molecule has 12 heteroatoms. The molecule has 2 aromatic rings. The van der Waals surface area contributed by atoms with Crippen molar-refractivity contribution in [3.63, 3.8) is 0 Å². The second kappa shape index (κ2) is 8.39. The first kappa shape index (κ1) is 22.0. The third-order valence-electron chi connectivity index (χ3n) is 4.30. The number of anilines is 1. The molecule has 0 aliphatic carbocycles. The molecular formula is C17H21N5O6S. The quantitative estimate of drug-likeness (QED) is 0.392. The van der Waals surface area contributed by atoms with Crippen LogP contribution in [0.2, 0.25) is 0 Å². The van der Waals surface area contributed by atoms with E-state index in [9.17, 15) is 24.5 Å². The van der Waals surface area contributed by atoms with E-state index in [0.717, 1.165) is 11.3 Å². The number of hydrogen-bond acceptors (Lipinski definition) is 8. The number of nitrogens with one attached hydrogen (secondary N) is 1. The highest BCUT2D eigenvalue weighted by Gasteiger charge is 2.30. The number of aromatic nitrogens is 2. The lowest BCUT2D eigenvalue weighted by molar-refractivity contribution is -0.386. The number of amides is 2. The van der Waals surface area contributed by atoms with Crippen LogP contribution >= 0.6 is 11.3 Å². The monoisotopic (exact) mass is 423 g/mol. The van der Waals surface area contributed by atoms with Gasteiger partial charge in [-0.1, -0.05) is 0 Å². The van der Waals surface area contributed by atoms with E-state index in [1.54, 1.807) is 6.92 Å². The lowest BCUT2D eigenvalue weighted by Crippen LogP contribution is -2.25. The SMILES string of the molecule is CCOC(=O)c1c(NC(=O)C(C)n2nc(C)c([N+](=O)[O-])c2C)sc(C(N)=O)c1C. The molecule has 0 fully saturated rings. The van der Waals surface area contributed by atoms with Gasteiger partial charge in [-0.15, -0.1) is 11.3 Å². The summed E-state index contributed by atoms with van der Waals surface area (Å²) < 4.78 is 6.24. The largest absolute Gasteiger partial charge is 0.462 e. The summed E-state index contributed by atoms with van der Waals surface area (Å²) in [6, 6.07) is -0.920. The smallest absolute Gasteiger partial charge is 0.341 e. The minimum atomic E-state index is -0.920. The average molecular weight is 423 g/mol. The number of carbonyl (C=O) groups excluding carboxylic acids is 3. The number of hydrogen-bond donors (Lipinski definition) is 2. The Labute approximate surface area is 170 Å². The van der Waals surface area contributed by atoms with Crippen molar-refractivity contribution < 1.29 is 24.0 Å². The van der Waals surface area contributed by atoms with E-state index < -0.39 is 28.7 Å². The molecule has 1 unspecified atom stereocenters. The van der Waals surface area contributed by atoms with Crippen molar-refractivity contribution in [1.29, 1.82) is 0 Å². The summed E-state index contributed by atoms with van der Waals surface area (Å²) in [5, 5.41) is 18.0. The Morgan fingerprint density at radius 3 is 2.45 bits per heavy atom. The molecule has 1 atom stereocenters. The number of ether oxygens (including phenoxy) is 1. The number of aryl methyl sites for hydroxylation is 1. The Balaban J connectivity index is 2.41. The van der Waals surface area contributed by atoms with Crippen molar-refractivity contribution in [2.75, 3.05) is 11.9 Å². The first-order chi connectivity index (χ1) is 13.5. The second-order valence-corrected chi connectivity index (χ2v) is 7.25. The van der Waals surface area contributed by atoms with Crippen molar-refractivity contribution in [3.05, 3.63) is 37.5 Å². The fraction of sp³-hybridized carbons (Fsp3) is 0.412. The molecule has 156 valence electrons. The Hall–Kier alpha value is -3.28. The number of nitro groups is 1. The molecule has 0 aliphatic heterocycles. The maximum absolute atomic E-state index is 12.8. The number of rotatable bonds is 7. The standard InChI is InChI=1S/C17H21N5O6S/c1-6-28-17(25)11-7(2)13(14(18)23)29-16(11)19-15(24)10(5)21-9(4)12(22(26)27)8(3)20-21/h10H,6H2,1-5H3,(H2,18,23)(H,19,24). The third-order valence-corrected chi connectivity index (χ3v) is 5.52. The zero-order valence-corrected chi connectivity index (χ0v) is 17.4. The van der Waals surface area contributed by atoms with Crippen molar-refractivity contribution in [1.82, 2.24) is 9.78 Å². The third kappa shape index (κ3) is 4.11. The van der Waals surface area contributed by atoms with Crippen LogP contribution in [-0.2, 0) is 9.53 Å². The number of thiophene rings is 1. The molecule has 0 aliphatic rings. The van der Waals surface area contributed by atoms with Crippen molar-refractivity contribution in [3.8, 4) is 0 Å². The lowest BCUT2D eigenvalue weighted by atomic mass is 10.1. The number of esters is 1. The van der Waals surface area contributed by atoms with Gasteiger partial charge in [0.25, 0.3) is 5.91 Å². The predicted octanol–water partition coefficient (Wildman–Crippen LogP) is 2.25. The molecule has 0 saturated carbocycles. The fourth-order valence-corrected chi connectivity index (χ4v) is 3.96. The molecule has 0 spiro atoms. The van der Waals surface area contributed by atoms with Crippen LogP contribution in [0.5, 0.6) is 0 Å². The first-order valence-corrected chi connectivity index (χ1v) is 9.44. The van der Waals surface area contributed by atoms with Gasteiger partial charge in [-0.2, -0.15) is 5.10 Å². The van der Waals surface area contributed by atoms with Crippen LogP contribution in [0.15, 0.2) is 0 Å². The summed E-state index contributed by atoms with van der Waals surface area (Å²) in [5.74, 6) is -2.01. The molecule has 0 saturated heterocycles. The molecular weight excluding hydrogens is 402 g/mol. The van der Waals surface area contributed by atoms with Crippen LogP contribution in [-0.4, -0.2) is 39.1 Å². The maximum Gasteiger partial charge on any atom is 0.341 e. The average Bonchev–Trinajstić information content (AvgIpc) is 3.10. The van der Waals surface area contributed by atoms with Gasteiger partial charge in [0.1, 0.15) is 22.4 Å². The van der Waals surface area contributed by atoms with Crippen LogP contribution in [0.4, 0.5) is 10.7 Å². The summed E-state index contributed by atoms with van der Waals surface area (Å²) in [4.78, 5) is 47.5. The highest BCUT2D eigenvalue weighted by molar-refractivity contribution is 7.18.